The van der Waals surface area contributed by atoms with E-state index in [1.54, 1.807) is 37.5 Å². The molecule has 1 aliphatic rings. The van der Waals surface area contributed by atoms with Crippen molar-refractivity contribution in [1.82, 2.24) is 5.48 Å². The van der Waals surface area contributed by atoms with Crippen molar-refractivity contribution in [3.63, 3.8) is 0 Å². The van der Waals surface area contributed by atoms with Gasteiger partial charge in [-0.3, -0.25) is 10.3 Å². The number of rotatable bonds is 7. The van der Waals surface area contributed by atoms with Gasteiger partial charge in [-0.05, 0) is 30.7 Å². The Bertz CT molecular complexity index is 481. The Labute approximate surface area is 118 Å². The maximum Gasteiger partial charge on any atom is 0.210 e. The van der Waals surface area contributed by atoms with Crippen molar-refractivity contribution in [2.24, 2.45) is 0 Å². The summed E-state index contributed by atoms with van der Waals surface area (Å²) in [7, 11) is 1.59. The number of allylic oxidation sites excluding steroid dienone is 1. The van der Waals surface area contributed by atoms with E-state index < -0.39 is 6.29 Å². The Morgan fingerprint density at radius 1 is 1.35 bits per heavy atom. The number of benzene rings is 1. The molecule has 0 amide bonds. The highest BCUT2D eigenvalue weighted by molar-refractivity contribution is 6.08. The number of hydrogen-bond acceptors (Lipinski definition) is 5. The van der Waals surface area contributed by atoms with Gasteiger partial charge < -0.3 is 9.47 Å². The van der Waals surface area contributed by atoms with Crippen molar-refractivity contribution in [3.8, 4) is 5.75 Å². The highest BCUT2D eigenvalue weighted by Gasteiger charge is 2.22. The molecule has 5 heteroatoms. The fraction of sp³-hybridized carbons (Fsp3) is 0.400. The fourth-order valence-corrected chi connectivity index (χ4v) is 1.77. The van der Waals surface area contributed by atoms with Crippen LogP contribution in [0.2, 0.25) is 0 Å². The number of ketones is 1. The molecular weight excluding hydrogens is 258 g/mol. The molecule has 20 heavy (non-hydrogen) atoms. The lowest BCUT2D eigenvalue weighted by Gasteiger charge is -2.07. The van der Waals surface area contributed by atoms with Gasteiger partial charge in [-0.2, -0.15) is 0 Å². The van der Waals surface area contributed by atoms with E-state index in [9.17, 15) is 4.79 Å². The van der Waals surface area contributed by atoms with E-state index in [1.165, 1.54) is 0 Å². The average molecular weight is 277 g/mol. The van der Waals surface area contributed by atoms with Gasteiger partial charge in [-0.1, -0.05) is 13.3 Å². The normalized spacial score (nSPS) is 17.5. The molecule has 0 aromatic heterocycles. The van der Waals surface area contributed by atoms with Crippen LogP contribution >= 0.6 is 0 Å². The van der Waals surface area contributed by atoms with Crippen molar-refractivity contribution >= 4 is 5.78 Å². The third-order valence-electron chi connectivity index (χ3n) is 2.96. The van der Waals surface area contributed by atoms with E-state index in [2.05, 4.69) is 12.4 Å². The number of carbonyl (C=O) groups is 1. The van der Waals surface area contributed by atoms with Gasteiger partial charge in [0.2, 0.25) is 12.1 Å². The summed E-state index contributed by atoms with van der Waals surface area (Å²) in [5.41, 5.74) is 3.59. The highest BCUT2D eigenvalue weighted by atomic mass is 16.8. The van der Waals surface area contributed by atoms with Gasteiger partial charge >= 0.3 is 0 Å². The van der Waals surface area contributed by atoms with Crippen LogP contribution < -0.4 is 10.2 Å². The predicted molar refractivity (Wildman–Crippen MR) is 74.3 cm³/mol. The third-order valence-corrected chi connectivity index (χ3v) is 2.96. The third kappa shape index (κ3) is 3.59. The van der Waals surface area contributed by atoms with Crippen molar-refractivity contribution in [2.45, 2.75) is 26.1 Å². The summed E-state index contributed by atoms with van der Waals surface area (Å²) in [5, 5.41) is 0. The van der Waals surface area contributed by atoms with E-state index in [0.717, 1.165) is 12.8 Å². The van der Waals surface area contributed by atoms with E-state index in [4.69, 9.17) is 14.3 Å². The standard InChI is InChI=1S/C15H19NO4/c1-3-4-9-19-14-10-13(16-20-14)15(17)11-5-7-12(18-2)8-6-11/h5-8,10,14,16H,3-4,9H2,1-2H3. The molecule has 108 valence electrons. The Balaban J connectivity index is 1.96. The zero-order chi connectivity index (χ0) is 14.4. The summed E-state index contributed by atoms with van der Waals surface area (Å²) in [6, 6.07) is 6.93. The summed E-state index contributed by atoms with van der Waals surface area (Å²) < 4.78 is 10.5. The van der Waals surface area contributed by atoms with E-state index in [-0.39, 0.29) is 5.78 Å². The van der Waals surface area contributed by atoms with Gasteiger partial charge in [0, 0.05) is 11.6 Å². The molecule has 5 nitrogen and oxygen atoms in total. The number of Topliss-reactive ketones (excluding diaryl/α,β-unsaturated/α-hetero) is 1. The van der Waals surface area contributed by atoms with E-state index in [0.29, 0.717) is 23.6 Å². The minimum Gasteiger partial charge on any atom is -0.497 e. The molecule has 0 saturated heterocycles. The van der Waals surface area contributed by atoms with Crippen LogP contribution in [0.25, 0.3) is 0 Å². The smallest absolute Gasteiger partial charge is 0.210 e. The van der Waals surface area contributed by atoms with Crippen LogP contribution in [-0.2, 0) is 9.57 Å². The number of methoxy groups -OCH3 is 1. The molecule has 0 saturated carbocycles. The van der Waals surface area contributed by atoms with Gasteiger partial charge in [0.15, 0.2) is 0 Å². The van der Waals surface area contributed by atoms with Crippen LogP contribution in [0, 0.1) is 0 Å². The van der Waals surface area contributed by atoms with Gasteiger partial charge in [0.25, 0.3) is 0 Å². The Morgan fingerprint density at radius 2 is 2.10 bits per heavy atom. The van der Waals surface area contributed by atoms with Crippen molar-refractivity contribution < 1.29 is 19.1 Å². The first-order valence-electron chi connectivity index (χ1n) is 6.68. The Hall–Kier alpha value is -1.85. The average Bonchev–Trinajstić information content (AvgIpc) is 2.96. The molecule has 1 aromatic carbocycles. The minimum atomic E-state index is -0.501. The van der Waals surface area contributed by atoms with Crippen LogP contribution in [0.1, 0.15) is 30.1 Å². The van der Waals surface area contributed by atoms with Crippen LogP contribution in [0.5, 0.6) is 5.75 Å². The zero-order valence-electron chi connectivity index (χ0n) is 11.7. The Kier molecular flexibility index (Phi) is 5.15. The monoisotopic (exact) mass is 277 g/mol. The molecule has 1 heterocycles. The number of unbranched alkanes of at least 4 members (excludes halogenated alkanes) is 1. The fourth-order valence-electron chi connectivity index (χ4n) is 1.77. The molecular formula is C15H19NO4. The molecule has 0 radical (unpaired) electrons. The molecule has 0 bridgehead atoms. The van der Waals surface area contributed by atoms with Gasteiger partial charge in [0.05, 0.1) is 13.7 Å². The summed E-state index contributed by atoms with van der Waals surface area (Å²) in [6.45, 7) is 2.70. The number of carbonyl (C=O) groups excluding carboxylic acids is 1. The van der Waals surface area contributed by atoms with Crippen LogP contribution in [0.3, 0.4) is 0 Å². The lowest BCUT2D eigenvalue weighted by Crippen LogP contribution is -2.18. The predicted octanol–water partition coefficient (Wildman–Crippen LogP) is 2.44. The first kappa shape index (κ1) is 14.6. The van der Waals surface area contributed by atoms with Crippen LogP contribution in [0.4, 0.5) is 0 Å². The molecule has 1 unspecified atom stereocenters. The quantitative estimate of drug-likeness (QED) is 0.613. The van der Waals surface area contributed by atoms with Crippen molar-refractivity contribution in [3.05, 3.63) is 41.6 Å². The number of nitrogens with one attached hydrogen (secondary N) is 1. The van der Waals surface area contributed by atoms with Gasteiger partial charge in [-0.15, -0.1) is 0 Å². The molecule has 0 spiro atoms. The van der Waals surface area contributed by atoms with Crippen LogP contribution in [-0.4, -0.2) is 25.8 Å². The van der Waals surface area contributed by atoms with Crippen LogP contribution in [0.15, 0.2) is 36.0 Å². The number of ether oxygens (including phenoxy) is 2. The van der Waals surface area contributed by atoms with E-state index >= 15 is 0 Å². The largest absolute Gasteiger partial charge is 0.497 e. The number of hydrogen-bond donors (Lipinski definition) is 1. The molecule has 1 N–H and O–H groups in total. The SMILES string of the molecule is CCCCOC1C=C(C(=O)c2ccc(OC)cc2)NO1. The zero-order valence-corrected chi connectivity index (χ0v) is 11.7. The lowest BCUT2D eigenvalue weighted by atomic mass is 10.1. The van der Waals surface area contributed by atoms with E-state index in [1.807, 2.05) is 0 Å². The number of hydroxylamine groups is 1. The minimum absolute atomic E-state index is 0.130. The molecule has 1 atom stereocenters. The summed E-state index contributed by atoms with van der Waals surface area (Å²) in [5.74, 6) is 0.584. The summed E-state index contributed by atoms with van der Waals surface area (Å²) >= 11 is 0. The molecule has 1 aliphatic heterocycles. The second-order valence-electron chi connectivity index (χ2n) is 4.45. The second-order valence-corrected chi connectivity index (χ2v) is 4.45. The first-order chi connectivity index (χ1) is 9.74. The maximum absolute atomic E-state index is 12.2. The van der Waals surface area contributed by atoms with Gasteiger partial charge in [0.1, 0.15) is 11.4 Å². The molecule has 0 fully saturated rings. The Morgan fingerprint density at radius 3 is 2.75 bits per heavy atom. The highest BCUT2D eigenvalue weighted by Crippen LogP contribution is 2.17. The first-order valence-corrected chi connectivity index (χ1v) is 6.68. The molecule has 2 rings (SSSR count). The lowest BCUT2D eigenvalue weighted by molar-refractivity contribution is -0.127. The summed E-state index contributed by atoms with van der Waals surface area (Å²) in [4.78, 5) is 17.4. The topological polar surface area (TPSA) is 56.8 Å². The van der Waals surface area contributed by atoms with Crippen molar-refractivity contribution in [2.75, 3.05) is 13.7 Å². The summed E-state index contributed by atoms with van der Waals surface area (Å²) in [6.07, 6.45) is 3.18. The van der Waals surface area contributed by atoms with Crippen molar-refractivity contribution in [1.29, 1.82) is 0 Å². The molecule has 1 aromatic rings. The second kappa shape index (κ2) is 7.07. The van der Waals surface area contributed by atoms with Gasteiger partial charge in [-0.25, -0.2) is 4.84 Å². The molecule has 0 aliphatic carbocycles. The maximum atomic E-state index is 12.2.